The summed E-state index contributed by atoms with van der Waals surface area (Å²) in [5, 5.41) is 24.8. The Labute approximate surface area is 227 Å². The van der Waals surface area contributed by atoms with Gasteiger partial charge in [0.2, 0.25) is 5.91 Å². The van der Waals surface area contributed by atoms with E-state index in [1.54, 1.807) is 0 Å². The van der Waals surface area contributed by atoms with E-state index in [4.69, 9.17) is 4.55 Å². The Hall–Kier alpha value is -1.48. The van der Waals surface area contributed by atoms with Crippen LogP contribution in [-0.4, -0.2) is 41.3 Å². The first-order chi connectivity index (χ1) is 17.8. The first kappa shape index (κ1) is 28.1. The highest BCUT2D eigenvalue weighted by Gasteiger charge is 2.63. The van der Waals surface area contributed by atoms with E-state index in [1.807, 2.05) is 0 Å². The predicted molar refractivity (Wildman–Crippen MR) is 146 cm³/mol. The molecule has 1 aromatic carbocycles. The van der Waals surface area contributed by atoms with Gasteiger partial charge in [0.25, 0.3) is 10.1 Å². The van der Waals surface area contributed by atoms with Crippen LogP contribution in [0.5, 0.6) is 0 Å². The molecule has 0 heterocycles. The average Bonchev–Trinajstić information content (AvgIpc) is 3.22. The minimum Gasteiger partial charge on any atom is -0.393 e. The van der Waals surface area contributed by atoms with Gasteiger partial charge in [0.05, 0.1) is 17.1 Å². The van der Waals surface area contributed by atoms with Gasteiger partial charge in [-0.1, -0.05) is 20.8 Å². The fourth-order valence-corrected chi connectivity index (χ4v) is 10.1. The lowest BCUT2D eigenvalue weighted by Gasteiger charge is -2.62. The lowest BCUT2D eigenvalue weighted by atomic mass is 9.43. The Balaban J connectivity index is 1.22. The van der Waals surface area contributed by atoms with E-state index in [0.29, 0.717) is 47.6 Å². The number of carbonyl (C=O) groups is 1. The standard InChI is InChI=1S/C30H45NO6S/c1-18(4-13-28(34)31-20-6-8-22(9-7-20)38(35,36)37)24-11-12-25-23-10-5-19-16-21(32)14-15-29(19,2)26(23)17-27(33)30(24,25)3/h6-9,18-19,21,23-27,32-33H,4-5,10-17H2,1-3H3,(H,31,34)(H,35,36,37)/t18-,19-,21-,23+,24-,25+,26+,27+,29+,30-/m1/s1. The molecule has 0 unspecified atom stereocenters. The molecule has 4 aliphatic carbocycles. The van der Waals surface area contributed by atoms with Gasteiger partial charge in [-0.2, -0.15) is 8.42 Å². The van der Waals surface area contributed by atoms with Crippen LogP contribution in [0.4, 0.5) is 5.69 Å². The van der Waals surface area contributed by atoms with Crippen molar-refractivity contribution < 1.29 is 28.0 Å². The summed E-state index contributed by atoms with van der Waals surface area (Å²) < 4.78 is 31.6. The van der Waals surface area contributed by atoms with E-state index in [2.05, 4.69) is 26.1 Å². The highest BCUT2D eigenvalue weighted by molar-refractivity contribution is 7.85. The van der Waals surface area contributed by atoms with Crippen molar-refractivity contribution in [3.63, 3.8) is 0 Å². The molecule has 0 bridgehead atoms. The maximum atomic E-state index is 12.7. The number of fused-ring (bicyclic) bond motifs is 5. The van der Waals surface area contributed by atoms with Gasteiger partial charge in [-0.15, -0.1) is 0 Å². The van der Waals surface area contributed by atoms with Gasteiger partial charge in [-0.25, -0.2) is 0 Å². The summed E-state index contributed by atoms with van der Waals surface area (Å²) >= 11 is 0. The Morgan fingerprint density at radius 2 is 1.74 bits per heavy atom. The zero-order valence-corrected chi connectivity index (χ0v) is 23.8. The number of benzene rings is 1. The zero-order chi connectivity index (χ0) is 27.5. The van der Waals surface area contributed by atoms with Crippen LogP contribution < -0.4 is 5.32 Å². The Morgan fingerprint density at radius 1 is 1.03 bits per heavy atom. The lowest BCUT2D eigenvalue weighted by molar-refractivity contribution is -0.174. The van der Waals surface area contributed by atoms with Gasteiger partial charge in [0, 0.05) is 12.1 Å². The molecular weight excluding hydrogens is 502 g/mol. The van der Waals surface area contributed by atoms with Crippen molar-refractivity contribution in [3.05, 3.63) is 24.3 Å². The summed E-state index contributed by atoms with van der Waals surface area (Å²) in [4.78, 5) is 12.5. The highest BCUT2D eigenvalue weighted by atomic mass is 32.2. The number of nitrogens with one attached hydrogen (secondary N) is 1. The number of rotatable bonds is 6. The lowest BCUT2D eigenvalue weighted by Crippen LogP contribution is -2.58. The first-order valence-electron chi connectivity index (χ1n) is 14.6. The fraction of sp³-hybridized carbons (Fsp3) is 0.767. The fourth-order valence-electron chi connectivity index (χ4n) is 9.65. The highest BCUT2D eigenvalue weighted by Crippen LogP contribution is 2.68. The molecule has 10 atom stereocenters. The van der Waals surface area contributed by atoms with Crippen LogP contribution in [0.25, 0.3) is 0 Å². The maximum absolute atomic E-state index is 12.7. The monoisotopic (exact) mass is 547 g/mol. The molecule has 1 aromatic rings. The van der Waals surface area contributed by atoms with Crippen molar-refractivity contribution in [3.8, 4) is 0 Å². The van der Waals surface area contributed by atoms with Gasteiger partial charge >= 0.3 is 0 Å². The molecule has 0 aliphatic heterocycles. The average molecular weight is 548 g/mol. The summed E-state index contributed by atoms with van der Waals surface area (Å²) in [5.41, 5.74) is 0.599. The summed E-state index contributed by atoms with van der Waals surface area (Å²) in [6.45, 7) is 6.99. The molecule has 4 saturated carbocycles. The number of anilines is 1. The molecular formula is C30H45NO6S. The van der Waals surface area contributed by atoms with Crippen molar-refractivity contribution in [2.24, 2.45) is 46.3 Å². The summed E-state index contributed by atoms with van der Waals surface area (Å²) in [5.74, 6) is 2.84. The second-order valence-corrected chi connectivity index (χ2v) is 14.9. The molecule has 212 valence electrons. The van der Waals surface area contributed by atoms with Crippen LogP contribution in [0, 0.1) is 46.3 Å². The Kier molecular flexibility index (Phi) is 7.51. The number of carbonyl (C=O) groups excluding carboxylic acids is 1. The number of amides is 1. The van der Waals surface area contributed by atoms with E-state index < -0.39 is 10.1 Å². The second-order valence-electron chi connectivity index (χ2n) is 13.5. The molecule has 4 N–H and O–H groups in total. The SMILES string of the molecule is C[C@H](CCC(=O)Nc1ccc(S(=O)(=O)O)cc1)[C@H]1CC[C@H]2[C@@H]3CC[C@@H]4C[C@H](O)CC[C@]4(C)[C@H]3C[C@H](O)[C@]12C. The molecule has 5 rings (SSSR count). The zero-order valence-electron chi connectivity index (χ0n) is 23.0. The topological polar surface area (TPSA) is 124 Å². The van der Waals surface area contributed by atoms with Crippen molar-refractivity contribution in [1.82, 2.24) is 0 Å². The second kappa shape index (κ2) is 10.2. The quantitative estimate of drug-likeness (QED) is 0.359. The molecule has 0 aromatic heterocycles. The van der Waals surface area contributed by atoms with Crippen LogP contribution >= 0.6 is 0 Å². The number of aliphatic hydroxyl groups excluding tert-OH is 2. The Morgan fingerprint density at radius 3 is 2.42 bits per heavy atom. The molecule has 1 amide bonds. The molecule has 4 aliphatic rings. The van der Waals surface area contributed by atoms with Crippen molar-refractivity contribution in [1.29, 1.82) is 0 Å². The van der Waals surface area contributed by atoms with E-state index in [0.717, 1.165) is 44.9 Å². The van der Waals surface area contributed by atoms with Gasteiger partial charge < -0.3 is 15.5 Å². The molecule has 38 heavy (non-hydrogen) atoms. The van der Waals surface area contributed by atoms with E-state index >= 15 is 0 Å². The first-order valence-corrected chi connectivity index (χ1v) is 16.0. The third kappa shape index (κ3) is 4.84. The maximum Gasteiger partial charge on any atom is 0.294 e. The van der Waals surface area contributed by atoms with Gasteiger partial charge in [0.1, 0.15) is 0 Å². The third-order valence-electron chi connectivity index (χ3n) is 11.8. The molecule has 0 radical (unpaired) electrons. The van der Waals surface area contributed by atoms with E-state index in [9.17, 15) is 23.4 Å². The number of aliphatic hydroxyl groups is 2. The minimum absolute atomic E-state index is 0.119. The predicted octanol–water partition coefficient (Wildman–Crippen LogP) is 5.28. The van der Waals surface area contributed by atoms with Crippen LogP contribution in [0.1, 0.15) is 85.0 Å². The summed E-state index contributed by atoms with van der Waals surface area (Å²) in [6, 6.07) is 5.50. The minimum atomic E-state index is -4.26. The van der Waals surface area contributed by atoms with Crippen LogP contribution in [0.3, 0.4) is 0 Å². The van der Waals surface area contributed by atoms with Gasteiger partial charge in [-0.3, -0.25) is 9.35 Å². The van der Waals surface area contributed by atoms with E-state index in [-0.39, 0.29) is 33.8 Å². The largest absolute Gasteiger partial charge is 0.393 e. The van der Waals surface area contributed by atoms with Crippen molar-refractivity contribution in [2.75, 3.05) is 5.32 Å². The smallest absolute Gasteiger partial charge is 0.294 e. The third-order valence-corrected chi connectivity index (χ3v) is 12.6. The van der Waals surface area contributed by atoms with Crippen LogP contribution in [0.2, 0.25) is 0 Å². The normalized spacial score (nSPS) is 41.5. The number of hydrogen-bond donors (Lipinski definition) is 4. The van der Waals surface area contributed by atoms with Crippen molar-refractivity contribution in [2.45, 2.75) is 102 Å². The van der Waals surface area contributed by atoms with E-state index in [1.165, 1.54) is 37.1 Å². The van der Waals surface area contributed by atoms with Crippen LogP contribution in [0.15, 0.2) is 29.2 Å². The molecule has 8 heteroatoms. The van der Waals surface area contributed by atoms with Crippen molar-refractivity contribution >= 4 is 21.7 Å². The Bertz CT molecular complexity index is 1140. The molecule has 4 fully saturated rings. The molecule has 0 saturated heterocycles. The summed E-state index contributed by atoms with van der Waals surface area (Å²) in [6.07, 6.45) is 9.02. The molecule has 0 spiro atoms. The summed E-state index contributed by atoms with van der Waals surface area (Å²) in [7, 11) is -4.26. The number of hydrogen-bond acceptors (Lipinski definition) is 5. The van der Waals surface area contributed by atoms with Gasteiger partial charge in [0.15, 0.2) is 0 Å². The van der Waals surface area contributed by atoms with Gasteiger partial charge in [-0.05, 0) is 128 Å². The van der Waals surface area contributed by atoms with Crippen LogP contribution in [-0.2, 0) is 14.9 Å². The molecule has 7 nitrogen and oxygen atoms in total.